The smallest absolute Gasteiger partial charge is 0.243 e. The monoisotopic (exact) mass is 482 g/mol. The molecule has 4 heterocycles. The number of hydrogen-bond donors (Lipinski definition) is 1. The van der Waals surface area contributed by atoms with Crippen molar-refractivity contribution in [2.75, 3.05) is 30.6 Å². The number of anilines is 1. The summed E-state index contributed by atoms with van der Waals surface area (Å²) in [6.07, 6.45) is 13.0. The highest BCUT2D eigenvalue weighted by Gasteiger charge is 2.46. The number of benzene rings is 1. The summed E-state index contributed by atoms with van der Waals surface area (Å²) in [7, 11) is -3.37. The van der Waals surface area contributed by atoms with Crippen LogP contribution in [0.1, 0.15) is 38.5 Å². The molecule has 1 aliphatic carbocycles. The molecule has 8 heteroatoms. The number of hydrogen-bond acceptors (Lipinski definition) is 4. The summed E-state index contributed by atoms with van der Waals surface area (Å²) in [5.41, 5.74) is 2.92. The van der Waals surface area contributed by atoms with Crippen LogP contribution in [0, 0.1) is 11.8 Å². The van der Waals surface area contributed by atoms with E-state index >= 15 is 0 Å². The number of fused-ring (bicyclic) bond motifs is 7. The second-order valence-electron chi connectivity index (χ2n) is 10.7. The van der Waals surface area contributed by atoms with Gasteiger partial charge in [0.15, 0.2) is 0 Å². The van der Waals surface area contributed by atoms with E-state index in [1.54, 1.807) is 6.07 Å². The maximum atomic E-state index is 13.7. The zero-order valence-electron chi connectivity index (χ0n) is 19.8. The molecule has 1 aromatic heterocycles. The Hall–Kier alpha value is -2.32. The van der Waals surface area contributed by atoms with Gasteiger partial charge in [-0.1, -0.05) is 24.1 Å². The molecule has 0 saturated carbocycles. The normalized spacial score (nSPS) is 29.3. The van der Waals surface area contributed by atoms with Crippen molar-refractivity contribution in [3.05, 3.63) is 42.1 Å². The molecule has 7 nitrogen and oxygen atoms in total. The predicted molar refractivity (Wildman–Crippen MR) is 134 cm³/mol. The molecule has 0 spiro atoms. The van der Waals surface area contributed by atoms with E-state index in [0.717, 1.165) is 43.1 Å². The Morgan fingerprint density at radius 1 is 1.15 bits per heavy atom. The highest BCUT2D eigenvalue weighted by atomic mass is 32.2. The van der Waals surface area contributed by atoms with Crippen LogP contribution in [0.2, 0.25) is 0 Å². The van der Waals surface area contributed by atoms with Crippen molar-refractivity contribution in [2.24, 2.45) is 11.8 Å². The van der Waals surface area contributed by atoms with E-state index in [1.165, 1.54) is 37.8 Å². The number of aromatic nitrogens is 1. The second kappa shape index (κ2) is 8.41. The van der Waals surface area contributed by atoms with Crippen LogP contribution in [0.25, 0.3) is 10.9 Å². The van der Waals surface area contributed by atoms with Gasteiger partial charge in [-0.25, -0.2) is 8.42 Å². The Labute approximate surface area is 201 Å². The Bertz CT molecular complexity index is 1250. The minimum absolute atomic E-state index is 0.161. The van der Waals surface area contributed by atoms with Crippen molar-refractivity contribution in [3.63, 3.8) is 0 Å². The quantitative estimate of drug-likeness (QED) is 0.678. The Morgan fingerprint density at radius 2 is 2.03 bits per heavy atom. The molecular weight excluding hydrogens is 448 g/mol. The van der Waals surface area contributed by atoms with Crippen LogP contribution in [0.5, 0.6) is 0 Å². The second-order valence-corrected chi connectivity index (χ2v) is 12.4. The van der Waals surface area contributed by atoms with E-state index in [-0.39, 0.29) is 18.5 Å². The van der Waals surface area contributed by atoms with Gasteiger partial charge in [-0.2, -0.15) is 0 Å². The van der Waals surface area contributed by atoms with Crippen LogP contribution in [-0.4, -0.2) is 66.7 Å². The molecule has 3 saturated heterocycles. The first-order chi connectivity index (χ1) is 16.4. The Kier molecular flexibility index (Phi) is 5.48. The van der Waals surface area contributed by atoms with Crippen LogP contribution in [-0.2, 0) is 21.4 Å². The van der Waals surface area contributed by atoms with Crippen molar-refractivity contribution in [3.8, 4) is 0 Å². The third-order valence-electron chi connectivity index (χ3n) is 8.39. The minimum Gasteiger partial charge on any atom is -0.338 e. The van der Waals surface area contributed by atoms with Crippen LogP contribution in [0.3, 0.4) is 0 Å². The summed E-state index contributed by atoms with van der Waals surface area (Å²) < 4.78 is 28.1. The number of nitrogens with one attached hydrogen (secondary N) is 1. The molecule has 34 heavy (non-hydrogen) atoms. The van der Waals surface area contributed by atoms with Gasteiger partial charge in [-0.3, -0.25) is 14.4 Å². The highest BCUT2D eigenvalue weighted by Crippen LogP contribution is 2.45. The number of piperidine rings is 3. The molecule has 182 valence electrons. The lowest BCUT2D eigenvalue weighted by Crippen LogP contribution is -2.60. The van der Waals surface area contributed by atoms with E-state index in [9.17, 15) is 13.2 Å². The number of amides is 1. The lowest BCUT2D eigenvalue weighted by molar-refractivity contribution is -0.136. The number of likely N-dealkylation sites (tertiary alicyclic amines) is 1. The number of nitrogens with zero attached hydrogens (tertiary/aromatic N) is 3. The van der Waals surface area contributed by atoms with Crippen molar-refractivity contribution >= 4 is 32.5 Å². The van der Waals surface area contributed by atoms with Crippen LogP contribution >= 0.6 is 0 Å². The molecule has 2 aromatic rings. The molecule has 1 amide bonds. The fourth-order valence-electron chi connectivity index (χ4n) is 7.14. The number of carbonyl (C=O) groups excluding carboxylic acids is 1. The van der Waals surface area contributed by atoms with Gasteiger partial charge < -0.3 is 9.47 Å². The van der Waals surface area contributed by atoms with Gasteiger partial charge in [0, 0.05) is 30.7 Å². The molecule has 2 unspecified atom stereocenters. The van der Waals surface area contributed by atoms with Gasteiger partial charge in [0.1, 0.15) is 6.54 Å². The average molecular weight is 483 g/mol. The van der Waals surface area contributed by atoms with E-state index < -0.39 is 10.0 Å². The van der Waals surface area contributed by atoms with Crippen LogP contribution in [0.4, 0.5) is 5.69 Å². The molecule has 0 radical (unpaired) electrons. The van der Waals surface area contributed by atoms with E-state index in [4.69, 9.17) is 0 Å². The number of carbonyl (C=O) groups is 1. The van der Waals surface area contributed by atoms with Crippen molar-refractivity contribution < 1.29 is 13.2 Å². The first-order valence-electron chi connectivity index (χ1n) is 12.7. The molecule has 3 aliphatic heterocycles. The van der Waals surface area contributed by atoms with Gasteiger partial charge in [0.05, 0.1) is 23.5 Å². The number of rotatable bonds is 4. The lowest BCUT2D eigenvalue weighted by Gasteiger charge is -2.54. The molecule has 1 aromatic carbocycles. The number of sulfonamides is 1. The first-order valence-corrected chi connectivity index (χ1v) is 14.6. The molecule has 4 atom stereocenters. The van der Waals surface area contributed by atoms with Gasteiger partial charge in [0.25, 0.3) is 0 Å². The van der Waals surface area contributed by atoms with Gasteiger partial charge >= 0.3 is 0 Å². The fraction of sp³-hybridized carbons (Fsp3) is 0.577. The Morgan fingerprint density at radius 3 is 2.88 bits per heavy atom. The van der Waals surface area contributed by atoms with Gasteiger partial charge in [-0.15, -0.1) is 0 Å². The zero-order chi connectivity index (χ0) is 23.4. The minimum atomic E-state index is -3.37. The first kappa shape index (κ1) is 22.2. The average Bonchev–Trinajstić information content (AvgIpc) is 3.21. The predicted octanol–water partition coefficient (Wildman–Crippen LogP) is 3.43. The van der Waals surface area contributed by atoms with Crippen molar-refractivity contribution in [1.82, 2.24) is 14.4 Å². The van der Waals surface area contributed by atoms with E-state index in [1.807, 2.05) is 29.0 Å². The lowest BCUT2D eigenvalue weighted by atomic mass is 9.68. The zero-order valence-corrected chi connectivity index (χ0v) is 20.6. The molecule has 2 bridgehead atoms. The van der Waals surface area contributed by atoms with E-state index in [2.05, 4.69) is 20.6 Å². The summed E-state index contributed by atoms with van der Waals surface area (Å²) in [6.45, 7) is 3.43. The third kappa shape index (κ3) is 3.94. The molecule has 6 rings (SSSR count). The summed E-state index contributed by atoms with van der Waals surface area (Å²) in [5, 5.41) is 0.809. The topological polar surface area (TPSA) is 74.6 Å². The summed E-state index contributed by atoms with van der Waals surface area (Å²) in [5.74, 6) is 1.36. The van der Waals surface area contributed by atoms with E-state index in [0.29, 0.717) is 23.6 Å². The van der Waals surface area contributed by atoms with Crippen LogP contribution < -0.4 is 4.72 Å². The highest BCUT2D eigenvalue weighted by molar-refractivity contribution is 7.92. The summed E-state index contributed by atoms with van der Waals surface area (Å²) in [6, 6.07) is 8.37. The summed E-state index contributed by atoms with van der Waals surface area (Å²) >= 11 is 0. The molecule has 4 aliphatic rings. The molecule has 3 fully saturated rings. The third-order valence-corrected chi connectivity index (χ3v) is 8.98. The Balaban J connectivity index is 1.25. The fourth-order valence-corrected chi connectivity index (χ4v) is 7.72. The summed E-state index contributed by atoms with van der Waals surface area (Å²) in [4.78, 5) is 18.5. The SMILES string of the molecule is CS(=O)(=O)Nc1cccc2c1ccn2CC(=O)N1CCCC2=CC3CC(CN4CCCC[C@H]34)[C@@H]21. The van der Waals surface area contributed by atoms with Crippen molar-refractivity contribution in [2.45, 2.75) is 57.2 Å². The molecular formula is C26H34N4O3S. The maximum absolute atomic E-state index is 13.7. The van der Waals surface area contributed by atoms with Gasteiger partial charge in [0.2, 0.25) is 15.9 Å². The standard InChI is InChI=1S/C26H34N4O3S/c1-34(32,33)27-22-7-4-9-24-21(22)10-13-29(24)17-25(31)30-12-5-6-18-14-19-15-20(26(18)30)16-28-11-3-2-8-23(19)28/h4,7,9-10,13-14,19-20,23,26-27H,2-3,5-6,8,11-12,15-17H2,1H3/t19?,20?,23-,26-/m1/s1. The largest absolute Gasteiger partial charge is 0.338 e. The molecule has 1 N–H and O–H groups in total. The van der Waals surface area contributed by atoms with Crippen molar-refractivity contribution in [1.29, 1.82) is 0 Å². The van der Waals surface area contributed by atoms with Crippen LogP contribution in [0.15, 0.2) is 42.1 Å². The maximum Gasteiger partial charge on any atom is 0.243 e. The van der Waals surface area contributed by atoms with Gasteiger partial charge in [-0.05, 0) is 68.7 Å².